The van der Waals surface area contributed by atoms with Gasteiger partial charge in [0.05, 0.1) is 0 Å². The summed E-state index contributed by atoms with van der Waals surface area (Å²) in [5, 5.41) is 18.2. The van der Waals surface area contributed by atoms with Crippen LogP contribution in [0.4, 0.5) is 0 Å². The number of aliphatic carboxylic acids is 2. The van der Waals surface area contributed by atoms with E-state index in [1.165, 1.54) is 51.4 Å². The lowest BCUT2D eigenvalue weighted by molar-refractivity contribution is -0.156. The van der Waals surface area contributed by atoms with Gasteiger partial charge in [0.1, 0.15) is 12.4 Å². The van der Waals surface area contributed by atoms with E-state index < -0.39 is 30.4 Å². The van der Waals surface area contributed by atoms with Crippen molar-refractivity contribution in [1.82, 2.24) is 0 Å². The molecule has 1 aromatic rings. The molecular formula is C25H34O7. The van der Waals surface area contributed by atoms with Crippen molar-refractivity contribution in [3.8, 4) is 5.75 Å². The van der Waals surface area contributed by atoms with E-state index in [2.05, 4.69) is 19.1 Å². The number of hydrogen-bond acceptors (Lipinski definition) is 5. The van der Waals surface area contributed by atoms with Crippen molar-refractivity contribution in [3.63, 3.8) is 0 Å². The minimum Gasteiger partial charge on any atom is -0.490 e. The highest BCUT2D eigenvalue weighted by atomic mass is 16.7. The number of benzene rings is 1. The van der Waals surface area contributed by atoms with Gasteiger partial charge in [-0.15, -0.1) is 0 Å². The van der Waals surface area contributed by atoms with Gasteiger partial charge in [0.15, 0.2) is 18.5 Å². The molecule has 1 aromatic carbocycles. The van der Waals surface area contributed by atoms with Crippen LogP contribution >= 0.6 is 0 Å². The van der Waals surface area contributed by atoms with Crippen LogP contribution in [0.1, 0.15) is 70.1 Å². The third-order valence-corrected chi connectivity index (χ3v) is 6.32. The molecule has 0 aromatic heterocycles. The topological polar surface area (TPSA) is 102 Å². The van der Waals surface area contributed by atoms with Crippen molar-refractivity contribution in [2.24, 2.45) is 11.8 Å². The van der Waals surface area contributed by atoms with Crippen molar-refractivity contribution in [2.75, 3.05) is 6.61 Å². The van der Waals surface area contributed by atoms with Gasteiger partial charge >= 0.3 is 11.9 Å². The second kappa shape index (κ2) is 12.0. The Hall–Kier alpha value is -2.38. The lowest BCUT2D eigenvalue weighted by atomic mass is 9.79. The van der Waals surface area contributed by atoms with Crippen molar-refractivity contribution >= 4 is 11.9 Å². The molecule has 0 radical (unpaired) electrons. The monoisotopic (exact) mass is 446 g/mol. The van der Waals surface area contributed by atoms with E-state index in [4.69, 9.17) is 24.4 Å². The van der Waals surface area contributed by atoms with Gasteiger partial charge in [0, 0.05) is 5.56 Å². The van der Waals surface area contributed by atoms with Gasteiger partial charge in [-0.05, 0) is 49.7 Å². The molecule has 2 atom stereocenters. The highest BCUT2D eigenvalue weighted by molar-refractivity contribution is 5.84. The number of unbranched alkanes of at least 4 members (excludes halogenated alkanes) is 2. The Morgan fingerprint density at radius 2 is 1.62 bits per heavy atom. The zero-order chi connectivity index (χ0) is 22.9. The number of carboxylic acid groups (broad SMARTS) is 2. The predicted molar refractivity (Wildman–Crippen MR) is 118 cm³/mol. The van der Waals surface area contributed by atoms with Crippen molar-refractivity contribution < 1.29 is 34.0 Å². The van der Waals surface area contributed by atoms with E-state index in [9.17, 15) is 9.59 Å². The molecule has 1 saturated heterocycles. The number of ether oxygens (including phenoxy) is 3. The average molecular weight is 447 g/mol. The molecule has 1 aliphatic carbocycles. The Morgan fingerprint density at radius 3 is 2.19 bits per heavy atom. The molecule has 7 heteroatoms. The van der Waals surface area contributed by atoms with E-state index in [1.807, 2.05) is 0 Å². The first kappa shape index (κ1) is 24.3. The zero-order valence-electron chi connectivity index (χ0n) is 18.7. The van der Waals surface area contributed by atoms with Crippen molar-refractivity contribution in [1.29, 1.82) is 0 Å². The van der Waals surface area contributed by atoms with E-state index in [0.29, 0.717) is 23.8 Å². The van der Waals surface area contributed by atoms with Gasteiger partial charge in [-0.2, -0.15) is 0 Å². The van der Waals surface area contributed by atoms with Gasteiger partial charge in [-0.3, -0.25) is 0 Å². The standard InChI is InChI=1S/C25H34O7/c1-2-3-4-6-17-8-10-18(11-9-17)7-5-16-30-20-14-12-19(13-15-20)25-31-21(23(26)27)22(32-25)24(28)29/h5,7,12-15,17-18,21-22,25H,2-4,6,8-11,16H2,1H3,(H,26,27)(H,28,29)/b7-5+/t17-,18-,21-,22-/m1/s1. The summed E-state index contributed by atoms with van der Waals surface area (Å²) in [4.78, 5) is 22.4. The number of carboxylic acids is 2. The van der Waals surface area contributed by atoms with E-state index in [1.54, 1.807) is 24.3 Å². The maximum atomic E-state index is 11.2. The van der Waals surface area contributed by atoms with Crippen LogP contribution in [0.3, 0.4) is 0 Å². The Labute approximate surface area is 189 Å². The molecule has 1 aliphatic heterocycles. The minimum absolute atomic E-state index is 0.481. The molecule has 0 amide bonds. The Morgan fingerprint density at radius 1 is 1.00 bits per heavy atom. The maximum absolute atomic E-state index is 11.2. The van der Waals surface area contributed by atoms with E-state index in [0.717, 1.165) is 5.92 Å². The first-order valence-corrected chi connectivity index (χ1v) is 11.6. The van der Waals surface area contributed by atoms with Gasteiger partial charge in [-0.1, -0.05) is 56.9 Å². The molecule has 1 saturated carbocycles. The second-order valence-electron chi connectivity index (χ2n) is 8.71. The van der Waals surface area contributed by atoms with Crippen LogP contribution in [0.25, 0.3) is 0 Å². The molecule has 2 N–H and O–H groups in total. The van der Waals surface area contributed by atoms with Crippen LogP contribution in [-0.2, 0) is 19.1 Å². The molecule has 0 spiro atoms. The van der Waals surface area contributed by atoms with Gasteiger partial charge in [0.2, 0.25) is 0 Å². The number of carbonyl (C=O) groups is 2. The van der Waals surface area contributed by atoms with Crippen molar-refractivity contribution in [2.45, 2.75) is 76.8 Å². The number of rotatable bonds is 11. The normalized spacial score (nSPS) is 26.4. The summed E-state index contributed by atoms with van der Waals surface area (Å²) >= 11 is 0. The zero-order valence-corrected chi connectivity index (χ0v) is 18.7. The quantitative estimate of drug-likeness (QED) is 0.366. The lowest BCUT2D eigenvalue weighted by Crippen LogP contribution is -2.36. The van der Waals surface area contributed by atoms with Crippen LogP contribution in [-0.4, -0.2) is 41.0 Å². The summed E-state index contributed by atoms with van der Waals surface area (Å²) in [5.74, 6) is -0.511. The van der Waals surface area contributed by atoms with Crippen LogP contribution in [0, 0.1) is 11.8 Å². The summed E-state index contributed by atoms with van der Waals surface area (Å²) in [7, 11) is 0. The summed E-state index contributed by atoms with van der Waals surface area (Å²) < 4.78 is 16.3. The number of hydrogen-bond donors (Lipinski definition) is 2. The molecule has 0 unspecified atom stereocenters. The molecule has 7 nitrogen and oxygen atoms in total. The molecule has 0 bridgehead atoms. The van der Waals surface area contributed by atoms with Crippen molar-refractivity contribution in [3.05, 3.63) is 42.0 Å². The summed E-state index contributed by atoms with van der Waals surface area (Å²) in [6.45, 7) is 2.73. The third kappa shape index (κ3) is 6.81. The van der Waals surface area contributed by atoms with Gasteiger partial charge in [-0.25, -0.2) is 9.59 Å². The van der Waals surface area contributed by atoms with Crippen LogP contribution in [0.2, 0.25) is 0 Å². The average Bonchev–Trinajstić information content (AvgIpc) is 3.25. The smallest absolute Gasteiger partial charge is 0.336 e. The van der Waals surface area contributed by atoms with E-state index in [-0.39, 0.29) is 0 Å². The number of allylic oxidation sites excluding steroid dienone is 1. The van der Waals surface area contributed by atoms with E-state index >= 15 is 0 Å². The summed E-state index contributed by atoms with van der Waals surface area (Å²) in [6, 6.07) is 6.85. The van der Waals surface area contributed by atoms with Crippen LogP contribution in [0.5, 0.6) is 5.75 Å². The molecule has 2 aliphatic rings. The van der Waals surface area contributed by atoms with Crippen LogP contribution < -0.4 is 4.74 Å². The maximum Gasteiger partial charge on any atom is 0.336 e. The third-order valence-electron chi connectivity index (χ3n) is 6.32. The fourth-order valence-electron chi connectivity index (χ4n) is 4.44. The molecule has 176 valence electrons. The minimum atomic E-state index is -1.54. The van der Waals surface area contributed by atoms with Gasteiger partial charge < -0.3 is 24.4 Å². The molecule has 3 rings (SSSR count). The first-order valence-electron chi connectivity index (χ1n) is 11.6. The Balaban J connectivity index is 1.40. The summed E-state index contributed by atoms with van der Waals surface area (Å²) in [5.41, 5.74) is 0.540. The largest absolute Gasteiger partial charge is 0.490 e. The second-order valence-corrected chi connectivity index (χ2v) is 8.71. The fourth-order valence-corrected chi connectivity index (χ4v) is 4.44. The van der Waals surface area contributed by atoms with Gasteiger partial charge in [0.25, 0.3) is 0 Å². The molecule has 32 heavy (non-hydrogen) atoms. The summed E-state index contributed by atoms with van der Waals surface area (Å²) in [6.07, 6.45) is 10.8. The highest BCUT2D eigenvalue weighted by Gasteiger charge is 2.46. The lowest BCUT2D eigenvalue weighted by Gasteiger charge is -2.26. The van der Waals surface area contributed by atoms with Crippen LogP contribution in [0.15, 0.2) is 36.4 Å². The molecule has 2 fully saturated rings. The molecular weight excluding hydrogens is 412 g/mol. The molecule has 1 heterocycles. The first-order chi connectivity index (χ1) is 15.5. The predicted octanol–water partition coefficient (Wildman–Crippen LogP) is 4.96. The Kier molecular flexibility index (Phi) is 9.11. The Bertz CT molecular complexity index is 743. The highest BCUT2D eigenvalue weighted by Crippen LogP contribution is 2.33. The SMILES string of the molecule is CCCCC[C@H]1CC[C@H](/C=C/COc2ccc(C3O[C@@H](C(=O)O)[C@H](C(=O)O)O3)cc2)CC1. The fraction of sp³-hybridized carbons (Fsp3) is 0.600.